The summed E-state index contributed by atoms with van der Waals surface area (Å²) in [4.78, 5) is 17.3. The Kier molecular flexibility index (Phi) is 3.97. The molecule has 1 aliphatic heterocycles. The van der Waals surface area contributed by atoms with Crippen molar-refractivity contribution in [2.75, 3.05) is 33.2 Å². The molecule has 0 atom stereocenters. The lowest BCUT2D eigenvalue weighted by molar-refractivity contribution is -0.383. The van der Waals surface area contributed by atoms with E-state index in [1.807, 2.05) is 11.1 Å². The van der Waals surface area contributed by atoms with E-state index in [0.717, 1.165) is 31.6 Å². The molecule has 1 aromatic heterocycles. The quantitative estimate of drug-likeness (QED) is 0.490. The molecule has 1 fully saturated rings. The van der Waals surface area contributed by atoms with Gasteiger partial charge in [0.2, 0.25) is 0 Å². The molecule has 0 aliphatic carbocycles. The van der Waals surface area contributed by atoms with Crippen molar-refractivity contribution < 1.29 is 4.92 Å². The number of hydrazone groups is 1. The van der Waals surface area contributed by atoms with Gasteiger partial charge in [-0.1, -0.05) is 12.1 Å². The Morgan fingerprint density at radius 3 is 2.73 bits per heavy atom. The third kappa shape index (κ3) is 2.89. The first-order valence-corrected chi connectivity index (χ1v) is 7.15. The average Bonchev–Trinajstić information content (AvgIpc) is 2.53. The van der Waals surface area contributed by atoms with Gasteiger partial charge in [0.25, 0.3) is 5.69 Å². The van der Waals surface area contributed by atoms with E-state index in [1.165, 1.54) is 6.07 Å². The number of hydrogen-bond donors (Lipinski definition) is 0. The van der Waals surface area contributed by atoms with E-state index in [2.05, 4.69) is 22.0 Å². The molecular formula is C15H17N5O2. The van der Waals surface area contributed by atoms with E-state index in [-0.39, 0.29) is 10.6 Å². The van der Waals surface area contributed by atoms with E-state index in [1.54, 1.807) is 24.5 Å². The van der Waals surface area contributed by atoms with Crippen LogP contribution in [0.15, 0.2) is 35.6 Å². The summed E-state index contributed by atoms with van der Waals surface area (Å²) >= 11 is 0. The second-order valence-electron chi connectivity index (χ2n) is 5.33. The number of aromatic nitrogens is 1. The van der Waals surface area contributed by atoms with Crippen LogP contribution in [0, 0.1) is 10.1 Å². The van der Waals surface area contributed by atoms with Gasteiger partial charge in [-0.2, -0.15) is 5.10 Å². The molecule has 2 heterocycles. The zero-order valence-electron chi connectivity index (χ0n) is 12.3. The van der Waals surface area contributed by atoms with Crippen LogP contribution in [-0.4, -0.2) is 59.3 Å². The minimum absolute atomic E-state index is 0.0918. The van der Waals surface area contributed by atoms with Gasteiger partial charge < -0.3 is 4.90 Å². The molecule has 7 nitrogen and oxygen atoms in total. The average molecular weight is 299 g/mol. The zero-order valence-corrected chi connectivity index (χ0v) is 12.3. The number of piperazine rings is 1. The van der Waals surface area contributed by atoms with Crippen molar-refractivity contribution in [1.29, 1.82) is 0 Å². The molecule has 0 N–H and O–H groups in total. The van der Waals surface area contributed by atoms with E-state index < -0.39 is 0 Å². The van der Waals surface area contributed by atoms with Crippen LogP contribution >= 0.6 is 0 Å². The zero-order chi connectivity index (χ0) is 15.5. The van der Waals surface area contributed by atoms with E-state index in [0.29, 0.717) is 11.1 Å². The standard InChI is InChI=1S/C15H17N5O2/c1-18-7-9-19(10-8-18)17-11-14-12-3-2-4-15(20(21)22)13(12)5-6-16-14/h2-6,11H,7-10H2,1H3. The molecule has 0 amide bonds. The Bertz CT molecular complexity index is 723. The van der Waals surface area contributed by atoms with Crippen LogP contribution in [0.1, 0.15) is 5.69 Å². The number of pyridine rings is 1. The fourth-order valence-corrected chi connectivity index (χ4v) is 2.52. The second kappa shape index (κ2) is 6.07. The van der Waals surface area contributed by atoms with Crippen LogP contribution in [0.2, 0.25) is 0 Å². The fourth-order valence-electron chi connectivity index (χ4n) is 2.52. The van der Waals surface area contributed by atoms with Gasteiger partial charge in [-0.3, -0.25) is 20.1 Å². The first-order chi connectivity index (χ1) is 10.6. The molecular weight excluding hydrogens is 282 g/mol. The minimum atomic E-state index is -0.371. The van der Waals surface area contributed by atoms with E-state index in [4.69, 9.17) is 0 Å². The van der Waals surface area contributed by atoms with Gasteiger partial charge in [0.1, 0.15) is 0 Å². The van der Waals surface area contributed by atoms with E-state index in [9.17, 15) is 10.1 Å². The van der Waals surface area contributed by atoms with Crippen LogP contribution in [0.4, 0.5) is 5.69 Å². The maximum atomic E-state index is 11.1. The molecule has 0 saturated carbocycles. The van der Waals surface area contributed by atoms with Crippen LogP contribution in [0.3, 0.4) is 0 Å². The summed E-state index contributed by atoms with van der Waals surface area (Å²) in [5.74, 6) is 0. The van der Waals surface area contributed by atoms with Crippen molar-refractivity contribution >= 4 is 22.7 Å². The molecule has 0 radical (unpaired) electrons. The number of nitrogens with zero attached hydrogens (tertiary/aromatic N) is 5. The fraction of sp³-hybridized carbons (Fsp3) is 0.333. The number of fused-ring (bicyclic) bond motifs is 1. The molecule has 7 heteroatoms. The van der Waals surface area contributed by atoms with Gasteiger partial charge >= 0.3 is 0 Å². The topological polar surface area (TPSA) is 74.9 Å². The van der Waals surface area contributed by atoms with Crippen molar-refractivity contribution in [3.05, 3.63) is 46.3 Å². The monoisotopic (exact) mass is 299 g/mol. The minimum Gasteiger partial charge on any atom is -0.303 e. The Hall–Kier alpha value is -2.54. The van der Waals surface area contributed by atoms with Gasteiger partial charge in [-0.05, 0) is 13.1 Å². The summed E-state index contributed by atoms with van der Waals surface area (Å²) in [5, 5.41) is 18.9. The first kappa shape index (κ1) is 14.4. The van der Waals surface area contributed by atoms with Crippen molar-refractivity contribution in [3.8, 4) is 0 Å². The lowest BCUT2D eigenvalue weighted by Crippen LogP contribution is -2.41. The van der Waals surface area contributed by atoms with Gasteiger partial charge in [0.15, 0.2) is 0 Å². The Morgan fingerprint density at radius 1 is 1.23 bits per heavy atom. The molecule has 1 aromatic carbocycles. The highest BCUT2D eigenvalue weighted by atomic mass is 16.6. The second-order valence-corrected chi connectivity index (χ2v) is 5.33. The SMILES string of the molecule is CN1CCN(N=Cc2nccc3c([N+](=O)[O-])cccc23)CC1. The van der Waals surface area contributed by atoms with Crippen LogP contribution in [0.5, 0.6) is 0 Å². The maximum absolute atomic E-state index is 11.1. The smallest absolute Gasteiger partial charge is 0.277 e. The summed E-state index contributed by atoms with van der Waals surface area (Å²) in [6.45, 7) is 3.70. The largest absolute Gasteiger partial charge is 0.303 e. The summed E-state index contributed by atoms with van der Waals surface area (Å²) in [7, 11) is 2.09. The lowest BCUT2D eigenvalue weighted by Gasteiger charge is -2.30. The highest BCUT2D eigenvalue weighted by Crippen LogP contribution is 2.25. The predicted octanol–water partition coefficient (Wildman–Crippen LogP) is 1.72. The summed E-state index contributed by atoms with van der Waals surface area (Å²) in [5.41, 5.74) is 0.745. The van der Waals surface area contributed by atoms with Crippen LogP contribution < -0.4 is 0 Å². The third-order valence-electron chi connectivity index (χ3n) is 3.83. The van der Waals surface area contributed by atoms with Crippen molar-refractivity contribution in [1.82, 2.24) is 14.9 Å². The van der Waals surface area contributed by atoms with Crippen LogP contribution in [-0.2, 0) is 0 Å². The maximum Gasteiger partial charge on any atom is 0.277 e. The number of likely N-dealkylation sites (N-methyl/N-ethyl adjacent to an activating group) is 1. The number of hydrogen-bond acceptors (Lipinski definition) is 6. The normalized spacial score (nSPS) is 16.5. The molecule has 0 spiro atoms. The first-order valence-electron chi connectivity index (χ1n) is 7.15. The molecule has 1 saturated heterocycles. The number of benzene rings is 1. The highest BCUT2D eigenvalue weighted by molar-refractivity contribution is 6.01. The lowest BCUT2D eigenvalue weighted by atomic mass is 10.1. The number of nitro benzene ring substituents is 1. The van der Waals surface area contributed by atoms with Gasteiger partial charge in [-0.25, -0.2) is 0 Å². The summed E-state index contributed by atoms with van der Waals surface area (Å²) < 4.78 is 0. The molecule has 22 heavy (non-hydrogen) atoms. The van der Waals surface area contributed by atoms with Crippen LogP contribution in [0.25, 0.3) is 10.8 Å². The van der Waals surface area contributed by atoms with Gasteiger partial charge in [-0.15, -0.1) is 0 Å². The molecule has 0 unspecified atom stereocenters. The highest BCUT2D eigenvalue weighted by Gasteiger charge is 2.14. The number of rotatable bonds is 3. The van der Waals surface area contributed by atoms with Gasteiger partial charge in [0, 0.05) is 43.8 Å². The summed E-state index contributed by atoms with van der Waals surface area (Å²) in [6.07, 6.45) is 3.28. The van der Waals surface area contributed by atoms with Crippen molar-refractivity contribution in [3.63, 3.8) is 0 Å². The van der Waals surface area contributed by atoms with E-state index >= 15 is 0 Å². The predicted molar refractivity (Wildman–Crippen MR) is 85.1 cm³/mol. The molecule has 114 valence electrons. The van der Waals surface area contributed by atoms with Crippen molar-refractivity contribution in [2.24, 2.45) is 5.10 Å². The summed E-state index contributed by atoms with van der Waals surface area (Å²) in [6, 6.07) is 6.68. The third-order valence-corrected chi connectivity index (χ3v) is 3.83. The number of non-ortho nitro benzene ring substituents is 1. The molecule has 0 bridgehead atoms. The van der Waals surface area contributed by atoms with Gasteiger partial charge in [0.05, 0.1) is 22.2 Å². The molecule has 3 rings (SSSR count). The Morgan fingerprint density at radius 2 is 2.00 bits per heavy atom. The van der Waals surface area contributed by atoms with Crippen molar-refractivity contribution in [2.45, 2.75) is 0 Å². The molecule has 2 aromatic rings. The molecule has 1 aliphatic rings. The Labute approximate surface area is 128 Å². The Balaban J connectivity index is 1.91. The number of nitro groups is 1.